The van der Waals surface area contributed by atoms with Crippen LogP contribution in [-0.2, 0) is 22.3 Å². The van der Waals surface area contributed by atoms with E-state index in [0.29, 0.717) is 21.6 Å². The standard InChI is InChI=1S/C15H14Cl2OS/c1-11-4-2-3-5-12(11)9-19(18)10-13-6-7-14(16)8-15(13)17/h2-8H,9-10H2,1H3/t19-/m0/s1. The maximum absolute atomic E-state index is 12.2. The van der Waals surface area contributed by atoms with E-state index >= 15 is 0 Å². The van der Waals surface area contributed by atoms with Crippen LogP contribution in [0.25, 0.3) is 0 Å². The van der Waals surface area contributed by atoms with Gasteiger partial charge in [0.2, 0.25) is 0 Å². The number of hydrogen-bond acceptors (Lipinski definition) is 1. The fourth-order valence-corrected chi connectivity index (χ4v) is 3.73. The van der Waals surface area contributed by atoms with E-state index in [1.54, 1.807) is 12.1 Å². The molecule has 0 aliphatic rings. The normalized spacial score (nSPS) is 12.4. The van der Waals surface area contributed by atoms with Crippen molar-refractivity contribution in [1.82, 2.24) is 0 Å². The van der Waals surface area contributed by atoms with Crippen LogP contribution in [0.3, 0.4) is 0 Å². The molecule has 0 unspecified atom stereocenters. The van der Waals surface area contributed by atoms with Gasteiger partial charge in [-0.05, 0) is 35.7 Å². The number of benzene rings is 2. The van der Waals surface area contributed by atoms with Gasteiger partial charge in [-0.1, -0.05) is 53.5 Å². The smallest absolute Gasteiger partial charge is 0.0503 e. The van der Waals surface area contributed by atoms with Crippen LogP contribution in [0, 0.1) is 6.92 Å². The van der Waals surface area contributed by atoms with Crippen molar-refractivity contribution in [2.45, 2.75) is 18.4 Å². The first-order valence-electron chi connectivity index (χ1n) is 5.89. The van der Waals surface area contributed by atoms with Gasteiger partial charge in [-0.15, -0.1) is 0 Å². The topological polar surface area (TPSA) is 17.1 Å². The monoisotopic (exact) mass is 312 g/mol. The lowest BCUT2D eigenvalue weighted by atomic mass is 10.1. The first-order chi connectivity index (χ1) is 9.06. The van der Waals surface area contributed by atoms with Gasteiger partial charge in [-0.3, -0.25) is 4.21 Å². The summed E-state index contributed by atoms with van der Waals surface area (Å²) in [7, 11) is -0.977. The summed E-state index contributed by atoms with van der Waals surface area (Å²) in [6.45, 7) is 2.03. The van der Waals surface area contributed by atoms with E-state index < -0.39 is 10.8 Å². The van der Waals surface area contributed by atoms with Crippen LogP contribution in [0.15, 0.2) is 42.5 Å². The largest absolute Gasteiger partial charge is 0.259 e. The minimum atomic E-state index is -0.977. The molecule has 0 bridgehead atoms. The highest BCUT2D eigenvalue weighted by Gasteiger charge is 2.08. The molecule has 1 atom stereocenters. The van der Waals surface area contributed by atoms with Crippen LogP contribution >= 0.6 is 23.2 Å². The number of halogens is 2. The number of aryl methyl sites for hydroxylation is 1. The van der Waals surface area contributed by atoms with Gasteiger partial charge in [-0.25, -0.2) is 0 Å². The van der Waals surface area contributed by atoms with Crippen molar-refractivity contribution in [2.24, 2.45) is 0 Å². The molecule has 0 aromatic heterocycles. The minimum absolute atomic E-state index is 0.449. The first kappa shape index (κ1) is 14.6. The van der Waals surface area contributed by atoms with Gasteiger partial charge in [0.05, 0.1) is 5.75 Å². The highest BCUT2D eigenvalue weighted by Crippen LogP contribution is 2.23. The zero-order chi connectivity index (χ0) is 13.8. The van der Waals surface area contributed by atoms with E-state index in [9.17, 15) is 4.21 Å². The molecule has 0 radical (unpaired) electrons. The third-order valence-electron chi connectivity index (χ3n) is 2.91. The summed E-state index contributed by atoms with van der Waals surface area (Å²) in [6.07, 6.45) is 0. The average molecular weight is 313 g/mol. The summed E-state index contributed by atoms with van der Waals surface area (Å²) in [5.74, 6) is 0.996. The van der Waals surface area contributed by atoms with E-state index in [1.165, 1.54) is 0 Å². The molecule has 2 aromatic rings. The fourth-order valence-electron chi connectivity index (χ4n) is 1.81. The minimum Gasteiger partial charge on any atom is -0.259 e. The Balaban J connectivity index is 2.08. The molecule has 2 aromatic carbocycles. The Morgan fingerprint density at radius 2 is 1.68 bits per heavy atom. The summed E-state index contributed by atoms with van der Waals surface area (Å²) < 4.78 is 12.2. The van der Waals surface area contributed by atoms with Crippen molar-refractivity contribution in [3.05, 3.63) is 69.2 Å². The molecule has 0 aliphatic heterocycles. The van der Waals surface area contributed by atoms with Crippen molar-refractivity contribution in [2.75, 3.05) is 0 Å². The van der Waals surface area contributed by atoms with Crippen LogP contribution in [0.2, 0.25) is 10.0 Å². The zero-order valence-corrected chi connectivity index (χ0v) is 12.9. The second-order valence-corrected chi connectivity index (χ2v) is 6.69. The first-order valence-corrected chi connectivity index (χ1v) is 8.14. The molecule has 1 nitrogen and oxygen atoms in total. The maximum Gasteiger partial charge on any atom is 0.0503 e. The third kappa shape index (κ3) is 4.07. The Kier molecular flexibility index (Phi) is 5.03. The molecule has 100 valence electrons. The number of rotatable bonds is 4. The van der Waals surface area contributed by atoms with Crippen LogP contribution in [-0.4, -0.2) is 4.21 Å². The van der Waals surface area contributed by atoms with Crippen molar-refractivity contribution in [3.8, 4) is 0 Å². The molecule has 19 heavy (non-hydrogen) atoms. The molecular formula is C15H14Cl2OS. The van der Waals surface area contributed by atoms with Gasteiger partial charge in [0.25, 0.3) is 0 Å². The predicted octanol–water partition coefficient (Wildman–Crippen LogP) is 4.75. The van der Waals surface area contributed by atoms with Gasteiger partial charge in [-0.2, -0.15) is 0 Å². The lowest BCUT2D eigenvalue weighted by Gasteiger charge is -2.07. The van der Waals surface area contributed by atoms with E-state index in [1.807, 2.05) is 37.3 Å². The Labute approximate surface area is 126 Å². The van der Waals surface area contributed by atoms with Crippen LogP contribution in [0.5, 0.6) is 0 Å². The second-order valence-electron chi connectivity index (χ2n) is 4.39. The highest BCUT2D eigenvalue weighted by atomic mass is 35.5. The van der Waals surface area contributed by atoms with E-state index in [4.69, 9.17) is 23.2 Å². The van der Waals surface area contributed by atoms with E-state index in [2.05, 4.69) is 0 Å². The molecule has 4 heteroatoms. The molecular weight excluding hydrogens is 299 g/mol. The molecule has 2 rings (SSSR count). The van der Waals surface area contributed by atoms with Crippen molar-refractivity contribution in [3.63, 3.8) is 0 Å². The van der Waals surface area contributed by atoms with Gasteiger partial charge in [0.15, 0.2) is 0 Å². The third-order valence-corrected chi connectivity index (χ3v) is 4.76. The van der Waals surface area contributed by atoms with Crippen molar-refractivity contribution in [1.29, 1.82) is 0 Å². The van der Waals surface area contributed by atoms with Gasteiger partial charge in [0, 0.05) is 26.6 Å². The number of hydrogen-bond donors (Lipinski definition) is 0. The molecule has 0 N–H and O–H groups in total. The highest BCUT2D eigenvalue weighted by molar-refractivity contribution is 7.83. The van der Waals surface area contributed by atoms with Crippen molar-refractivity contribution < 1.29 is 4.21 Å². The van der Waals surface area contributed by atoms with Gasteiger partial charge in [0.1, 0.15) is 0 Å². The van der Waals surface area contributed by atoms with E-state index in [0.717, 1.165) is 16.7 Å². The summed E-state index contributed by atoms with van der Waals surface area (Å²) in [5, 5.41) is 1.17. The molecule has 0 spiro atoms. The maximum atomic E-state index is 12.2. The molecule has 0 fully saturated rings. The Morgan fingerprint density at radius 1 is 1.00 bits per heavy atom. The lowest BCUT2D eigenvalue weighted by Crippen LogP contribution is -2.01. The van der Waals surface area contributed by atoms with Crippen LogP contribution in [0.1, 0.15) is 16.7 Å². The molecule has 0 heterocycles. The molecule has 0 aliphatic carbocycles. The summed E-state index contributed by atoms with van der Waals surface area (Å²) in [5.41, 5.74) is 3.15. The summed E-state index contributed by atoms with van der Waals surface area (Å²) in [6, 6.07) is 13.3. The van der Waals surface area contributed by atoms with Gasteiger partial charge >= 0.3 is 0 Å². The second kappa shape index (κ2) is 6.56. The molecule has 0 amide bonds. The van der Waals surface area contributed by atoms with E-state index in [-0.39, 0.29) is 0 Å². The fraction of sp³-hybridized carbons (Fsp3) is 0.200. The summed E-state index contributed by atoms with van der Waals surface area (Å²) >= 11 is 11.9. The quantitative estimate of drug-likeness (QED) is 0.796. The Bertz CT molecular complexity index is 611. The molecule has 0 saturated carbocycles. The zero-order valence-electron chi connectivity index (χ0n) is 10.5. The predicted molar refractivity (Wildman–Crippen MR) is 83.2 cm³/mol. The van der Waals surface area contributed by atoms with Crippen LogP contribution in [0.4, 0.5) is 0 Å². The lowest BCUT2D eigenvalue weighted by molar-refractivity contribution is 0.682. The summed E-state index contributed by atoms with van der Waals surface area (Å²) in [4.78, 5) is 0. The Morgan fingerprint density at radius 3 is 2.37 bits per heavy atom. The average Bonchev–Trinajstić information content (AvgIpc) is 2.36. The van der Waals surface area contributed by atoms with Crippen LogP contribution < -0.4 is 0 Å². The SMILES string of the molecule is Cc1ccccc1C[S@](=O)Cc1ccc(Cl)cc1Cl. The van der Waals surface area contributed by atoms with Gasteiger partial charge < -0.3 is 0 Å². The van der Waals surface area contributed by atoms with Crippen molar-refractivity contribution >= 4 is 34.0 Å². The Hall–Kier alpha value is -0.830. The molecule has 0 saturated heterocycles.